The molecule has 8 aromatic rings. The van der Waals surface area contributed by atoms with Gasteiger partial charge in [0.2, 0.25) is 0 Å². The van der Waals surface area contributed by atoms with Crippen LogP contribution in [0.25, 0.3) is 60.9 Å². The van der Waals surface area contributed by atoms with Gasteiger partial charge in [0.25, 0.3) is 0 Å². The molecule has 0 amide bonds. The number of allylic oxidation sites excluding steroid dienone is 6. The van der Waals surface area contributed by atoms with Crippen molar-refractivity contribution >= 4 is 33.2 Å². The van der Waals surface area contributed by atoms with Gasteiger partial charge in [-0.25, -0.2) is 0 Å². The van der Waals surface area contributed by atoms with Gasteiger partial charge in [0.05, 0.1) is 17.1 Å². The number of anilines is 2. The van der Waals surface area contributed by atoms with Crippen molar-refractivity contribution in [3.63, 3.8) is 0 Å². The summed E-state index contributed by atoms with van der Waals surface area (Å²) in [7, 11) is 0. The van der Waals surface area contributed by atoms with Crippen LogP contribution >= 0.6 is 0 Å². The van der Waals surface area contributed by atoms with E-state index in [1.807, 2.05) is 0 Å². The van der Waals surface area contributed by atoms with Gasteiger partial charge in [0.15, 0.2) is 0 Å². The maximum Gasteiger partial charge on any atom is 0.0560 e. The molecule has 0 saturated carbocycles. The largest absolute Gasteiger partial charge is 0.334 e. The van der Waals surface area contributed by atoms with Gasteiger partial charge in [-0.3, -0.25) is 0 Å². The summed E-state index contributed by atoms with van der Waals surface area (Å²) in [5.74, 6) is 0.438. The Bertz CT molecular complexity index is 2950. The SMILES string of the molecule is CC1(C)c2ccccc2-c2c(N(c3ccc(-c4ccccc4)cc3)C3C=CC(C4C=CC=CC4)=CC3)ccc(-c3ccc(-n4c5ccccc5c5ccccc54)cc3)c21. The highest BCUT2D eigenvalue weighted by Crippen LogP contribution is 2.56. The van der Waals surface area contributed by atoms with Gasteiger partial charge < -0.3 is 9.47 Å². The van der Waals surface area contributed by atoms with E-state index in [9.17, 15) is 0 Å². The smallest absolute Gasteiger partial charge is 0.0560 e. The van der Waals surface area contributed by atoms with E-state index in [0.717, 1.165) is 12.8 Å². The van der Waals surface area contributed by atoms with E-state index in [1.54, 1.807) is 0 Å². The topological polar surface area (TPSA) is 8.17 Å². The normalized spacial score (nSPS) is 17.6. The van der Waals surface area contributed by atoms with Crippen molar-refractivity contribution in [2.24, 2.45) is 5.92 Å². The van der Waals surface area contributed by atoms with Crippen molar-refractivity contribution in [3.05, 3.63) is 223 Å². The molecule has 3 aliphatic rings. The van der Waals surface area contributed by atoms with Gasteiger partial charge in [-0.1, -0.05) is 178 Å². The lowest BCUT2D eigenvalue weighted by Gasteiger charge is -2.36. The van der Waals surface area contributed by atoms with Crippen LogP contribution in [0.5, 0.6) is 0 Å². The lowest BCUT2D eigenvalue weighted by atomic mass is 9.78. The van der Waals surface area contributed by atoms with E-state index in [4.69, 9.17) is 0 Å². The molecule has 2 nitrogen and oxygen atoms in total. The van der Waals surface area contributed by atoms with Crippen molar-refractivity contribution in [3.8, 4) is 39.1 Å². The maximum absolute atomic E-state index is 2.61. The Morgan fingerprint density at radius 3 is 1.92 bits per heavy atom. The molecule has 1 aromatic heterocycles. The zero-order chi connectivity index (χ0) is 39.5. The third-order valence-electron chi connectivity index (χ3n) is 13.1. The first-order chi connectivity index (χ1) is 29.0. The number of para-hydroxylation sites is 2. The van der Waals surface area contributed by atoms with E-state index in [0.29, 0.717) is 5.92 Å². The molecule has 1 heterocycles. The maximum atomic E-state index is 2.61. The highest BCUT2D eigenvalue weighted by atomic mass is 15.2. The number of nitrogens with zero attached hydrogens (tertiary/aromatic N) is 2. The van der Waals surface area contributed by atoms with Crippen LogP contribution in [0.3, 0.4) is 0 Å². The molecule has 0 N–H and O–H groups in total. The van der Waals surface area contributed by atoms with E-state index in [2.05, 4.69) is 230 Å². The zero-order valence-corrected chi connectivity index (χ0v) is 33.6. The molecule has 3 aliphatic carbocycles. The van der Waals surface area contributed by atoms with E-state index in [1.165, 1.54) is 88.9 Å². The van der Waals surface area contributed by atoms with Crippen LogP contribution in [0.1, 0.15) is 37.8 Å². The summed E-state index contributed by atoms with van der Waals surface area (Å²) in [4.78, 5) is 2.61. The molecule has 284 valence electrons. The minimum absolute atomic E-state index is 0.153. The average molecular weight is 759 g/mol. The Balaban J connectivity index is 1.06. The summed E-state index contributed by atoms with van der Waals surface area (Å²) in [6, 6.07) is 60.7. The molecule has 0 fully saturated rings. The number of aromatic nitrogens is 1. The third kappa shape index (κ3) is 5.85. The van der Waals surface area contributed by atoms with Crippen LogP contribution in [0.2, 0.25) is 0 Å². The van der Waals surface area contributed by atoms with Gasteiger partial charge in [-0.2, -0.15) is 0 Å². The van der Waals surface area contributed by atoms with Gasteiger partial charge in [0, 0.05) is 44.7 Å². The van der Waals surface area contributed by atoms with Crippen LogP contribution in [-0.2, 0) is 5.41 Å². The molecule has 59 heavy (non-hydrogen) atoms. The van der Waals surface area contributed by atoms with Crippen molar-refractivity contribution in [2.45, 2.75) is 38.1 Å². The lowest BCUT2D eigenvalue weighted by molar-refractivity contribution is 0.661. The van der Waals surface area contributed by atoms with E-state index >= 15 is 0 Å². The molecule has 0 radical (unpaired) electrons. The number of fused-ring (bicyclic) bond motifs is 6. The van der Waals surface area contributed by atoms with Gasteiger partial charge in [0.1, 0.15) is 0 Å². The first kappa shape index (κ1) is 35.3. The Morgan fingerprint density at radius 1 is 0.559 bits per heavy atom. The van der Waals surface area contributed by atoms with Crippen LogP contribution in [0.15, 0.2) is 212 Å². The summed E-state index contributed by atoms with van der Waals surface area (Å²) in [6.07, 6.45) is 18.3. The molecular weight excluding hydrogens is 713 g/mol. The Morgan fingerprint density at radius 2 is 1.22 bits per heavy atom. The summed E-state index contributed by atoms with van der Waals surface area (Å²) in [5, 5.41) is 2.56. The Kier molecular flexibility index (Phi) is 8.48. The molecule has 0 aliphatic heterocycles. The summed E-state index contributed by atoms with van der Waals surface area (Å²) < 4.78 is 2.40. The lowest BCUT2D eigenvalue weighted by Crippen LogP contribution is -2.31. The highest BCUT2D eigenvalue weighted by molar-refractivity contribution is 6.09. The molecule has 2 atom stereocenters. The van der Waals surface area contributed by atoms with Crippen molar-refractivity contribution in [1.82, 2.24) is 4.57 Å². The average Bonchev–Trinajstić information content (AvgIpc) is 3.76. The first-order valence-corrected chi connectivity index (χ1v) is 21.1. The number of benzene rings is 7. The van der Waals surface area contributed by atoms with E-state index in [-0.39, 0.29) is 11.5 Å². The van der Waals surface area contributed by atoms with Crippen LogP contribution in [-0.4, -0.2) is 10.6 Å². The molecular formula is C57H46N2. The fourth-order valence-electron chi connectivity index (χ4n) is 10.2. The van der Waals surface area contributed by atoms with Crippen molar-refractivity contribution in [1.29, 1.82) is 0 Å². The number of rotatable bonds is 7. The quantitative estimate of drug-likeness (QED) is 0.157. The Labute approximate surface area is 347 Å². The summed E-state index contributed by atoms with van der Waals surface area (Å²) in [5.41, 5.74) is 17.7. The van der Waals surface area contributed by atoms with Crippen LogP contribution in [0.4, 0.5) is 11.4 Å². The first-order valence-electron chi connectivity index (χ1n) is 21.1. The molecule has 0 spiro atoms. The zero-order valence-electron chi connectivity index (χ0n) is 33.6. The van der Waals surface area contributed by atoms with Crippen molar-refractivity contribution in [2.75, 3.05) is 4.90 Å². The fraction of sp³-hybridized carbons (Fsp3) is 0.123. The second-order valence-corrected chi connectivity index (χ2v) is 16.8. The second-order valence-electron chi connectivity index (χ2n) is 16.8. The molecule has 2 heteroatoms. The second kappa shape index (κ2) is 14.2. The van der Waals surface area contributed by atoms with Crippen LogP contribution in [0, 0.1) is 5.92 Å². The predicted molar refractivity (Wildman–Crippen MR) is 250 cm³/mol. The Hall–Kier alpha value is -6.90. The minimum Gasteiger partial charge on any atom is -0.334 e. The van der Waals surface area contributed by atoms with Gasteiger partial charge in [-0.05, 0) is 99.8 Å². The summed E-state index contributed by atoms with van der Waals surface area (Å²) in [6.45, 7) is 4.83. The fourth-order valence-corrected chi connectivity index (χ4v) is 10.2. The monoisotopic (exact) mass is 758 g/mol. The highest BCUT2D eigenvalue weighted by Gasteiger charge is 2.40. The molecule has 7 aromatic carbocycles. The van der Waals surface area contributed by atoms with Gasteiger partial charge in [-0.15, -0.1) is 0 Å². The number of hydrogen-bond donors (Lipinski definition) is 0. The minimum atomic E-state index is -0.206. The van der Waals surface area contributed by atoms with Gasteiger partial charge >= 0.3 is 0 Å². The molecule has 0 saturated heterocycles. The third-order valence-corrected chi connectivity index (χ3v) is 13.1. The van der Waals surface area contributed by atoms with Crippen LogP contribution < -0.4 is 4.90 Å². The standard InChI is InChI=1S/C57H46N2/c1-57(2)51-22-12-9-21-50(51)55-54(38-37-47(56(55)57)43-29-35-46(36-30-43)59-52-23-13-10-19-48(52)49-20-11-14-24-53(49)59)58(44-31-25-41(26-32-44)39-15-5-3-6-16-39)45-33-27-42(28-34-45)40-17-7-4-8-18-40/h3-17,19-33,35-38,40,45H,18,34H2,1-2H3. The van der Waals surface area contributed by atoms with E-state index < -0.39 is 0 Å². The summed E-state index contributed by atoms with van der Waals surface area (Å²) >= 11 is 0. The molecule has 11 rings (SSSR count). The van der Waals surface area contributed by atoms with Crippen molar-refractivity contribution < 1.29 is 0 Å². The molecule has 2 unspecified atom stereocenters. The predicted octanol–water partition coefficient (Wildman–Crippen LogP) is 14.9. The number of hydrogen-bond acceptors (Lipinski definition) is 1. The molecule has 0 bridgehead atoms.